The second-order valence-corrected chi connectivity index (χ2v) is 8.40. The molecule has 0 saturated carbocycles. The van der Waals surface area contributed by atoms with Crippen LogP contribution in [-0.2, 0) is 13.0 Å². The van der Waals surface area contributed by atoms with E-state index in [0.717, 1.165) is 35.6 Å². The third kappa shape index (κ3) is 4.55. The van der Waals surface area contributed by atoms with Crippen molar-refractivity contribution in [2.75, 3.05) is 27.5 Å². The lowest BCUT2D eigenvalue weighted by Crippen LogP contribution is -2.34. The van der Waals surface area contributed by atoms with Crippen molar-refractivity contribution in [1.82, 2.24) is 4.90 Å². The Kier molecular flexibility index (Phi) is 6.33. The molecular weight excluding hydrogens is 446 g/mol. The maximum absolute atomic E-state index is 13.3. The topological polar surface area (TPSA) is 70.4 Å². The first kappa shape index (κ1) is 22.8. The van der Waals surface area contributed by atoms with Gasteiger partial charge in [-0.25, -0.2) is 0 Å². The molecule has 0 aliphatic carbocycles. The first-order valence-electron chi connectivity index (χ1n) is 11.5. The van der Waals surface area contributed by atoms with Crippen LogP contribution in [0.2, 0.25) is 0 Å². The van der Waals surface area contributed by atoms with E-state index < -0.39 is 0 Å². The molecule has 0 radical (unpaired) electrons. The Morgan fingerprint density at radius 2 is 1.71 bits per heavy atom. The van der Waals surface area contributed by atoms with Crippen LogP contribution in [0.3, 0.4) is 0 Å². The number of benzene rings is 3. The number of para-hydroxylation sites is 1. The Morgan fingerprint density at radius 3 is 2.49 bits per heavy atom. The zero-order valence-corrected chi connectivity index (χ0v) is 20.0. The lowest BCUT2D eigenvalue weighted by Gasteiger charge is -2.29. The molecule has 35 heavy (non-hydrogen) atoms. The van der Waals surface area contributed by atoms with Crippen molar-refractivity contribution >= 4 is 11.0 Å². The maximum atomic E-state index is 13.3. The van der Waals surface area contributed by atoms with E-state index in [1.807, 2.05) is 24.3 Å². The molecule has 180 valence electrons. The van der Waals surface area contributed by atoms with E-state index in [-0.39, 0.29) is 11.2 Å². The Hall–Kier alpha value is -3.97. The predicted octanol–water partition coefficient (Wildman–Crippen LogP) is 5.31. The largest absolute Gasteiger partial charge is 0.497 e. The molecule has 1 aliphatic heterocycles. The predicted molar refractivity (Wildman–Crippen MR) is 133 cm³/mol. The highest BCUT2D eigenvalue weighted by molar-refractivity contribution is 5.83. The molecule has 7 nitrogen and oxygen atoms in total. The maximum Gasteiger partial charge on any atom is 0.235 e. The molecule has 0 saturated heterocycles. The fourth-order valence-corrected chi connectivity index (χ4v) is 4.31. The van der Waals surface area contributed by atoms with Gasteiger partial charge in [0.25, 0.3) is 0 Å². The van der Waals surface area contributed by atoms with E-state index in [4.69, 9.17) is 23.4 Å². The standard InChI is InChI=1S/C28H27NO6/c1-18-27(35-21-10-8-20(31-2)9-11-21)26(30)22-12-13-25-23(28(22)34-18)16-29(17-33-25)15-14-19-6-4-5-7-24(19)32-3/h4-13H,14-17H2,1-3H3. The molecule has 4 aromatic rings. The highest BCUT2D eigenvalue weighted by Crippen LogP contribution is 2.34. The molecule has 2 heterocycles. The number of aryl methyl sites for hydroxylation is 1. The van der Waals surface area contributed by atoms with Crippen molar-refractivity contribution in [3.8, 4) is 28.7 Å². The average Bonchev–Trinajstić information content (AvgIpc) is 2.90. The summed E-state index contributed by atoms with van der Waals surface area (Å²) in [4.78, 5) is 15.5. The highest BCUT2D eigenvalue weighted by atomic mass is 16.5. The van der Waals surface area contributed by atoms with Crippen molar-refractivity contribution in [3.63, 3.8) is 0 Å². The zero-order chi connectivity index (χ0) is 24.4. The summed E-state index contributed by atoms with van der Waals surface area (Å²) < 4.78 is 28.7. The van der Waals surface area contributed by atoms with Crippen molar-refractivity contribution in [3.05, 3.63) is 87.8 Å². The van der Waals surface area contributed by atoms with Crippen LogP contribution in [0, 0.1) is 6.92 Å². The summed E-state index contributed by atoms with van der Waals surface area (Å²) in [6, 6.07) is 18.6. The van der Waals surface area contributed by atoms with E-state index in [9.17, 15) is 4.79 Å². The lowest BCUT2D eigenvalue weighted by atomic mass is 10.1. The summed E-state index contributed by atoms with van der Waals surface area (Å²) in [7, 11) is 3.28. The normalized spacial score (nSPS) is 13.2. The molecule has 0 spiro atoms. The minimum Gasteiger partial charge on any atom is -0.497 e. The molecule has 1 aliphatic rings. The molecule has 1 aromatic heterocycles. The Labute approximate surface area is 203 Å². The summed E-state index contributed by atoms with van der Waals surface area (Å²) in [6.07, 6.45) is 0.816. The van der Waals surface area contributed by atoms with Crippen LogP contribution < -0.4 is 24.4 Å². The molecule has 0 bridgehead atoms. The van der Waals surface area contributed by atoms with Crippen LogP contribution in [-0.4, -0.2) is 32.4 Å². The van der Waals surface area contributed by atoms with Gasteiger partial charge in [0, 0.05) is 13.1 Å². The molecule has 7 heteroatoms. The summed E-state index contributed by atoms with van der Waals surface area (Å²) in [5.74, 6) is 3.44. The van der Waals surface area contributed by atoms with Crippen LogP contribution in [0.4, 0.5) is 0 Å². The van der Waals surface area contributed by atoms with E-state index in [0.29, 0.717) is 41.5 Å². The molecule has 5 rings (SSSR count). The van der Waals surface area contributed by atoms with Crippen molar-refractivity contribution < 1.29 is 23.4 Å². The zero-order valence-electron chi connectivity index (χ0n) is 20.0. The van der Waals surface area contributed by atoms with Gasteiger partial charge in [-0.1, -0.05) is 18.2 Å². The van der Waals surface area contributed by atoms with Gasteiger partial charge in [0.15, 0.2) is 0 Å². The number of methoxy groups -OCH3 is 2. The number of hydrogen-bond acceptors (Lipinski definition) is 7. The number of ether oxygens (including phenoxy) is 4. The van der Waals surface area contributed by atoms with Crippen LogP contribution in [0.25, 0.3) is 11.0 Å². The number of hydrogen-bond donors (Lipinski definition) is 0. The minimum atomic E-state index is -0.214. The number of fused-ring (bicyclic) bond motifs is 3. The summed E-state index contributed by atoms with van der Waals surface area (Å²) in [5.41, 5.74) is 2.33. The Balaban J connectivity index is 1.41. The SMILES string of the molecule is COc1ccc(Oc2c(C)oc3c4c(ccc3c2=O)OCN(CCc2ccccc2OC)C4)cc1. The van der Waals surface area contributed by atoms with Gasteiger partial charge in [0.05, 0.1) is 25.2 Å². The van der Waals surface area contributed by atoms with Crippen molar-refractivity contribution in [2.24, 2.45) is 0 Å². The molecule has 0 fully saturated rings. The van der Waals surface area contributed by atoms with Gasteiger partial charge < -0.3 is 23.4 Å². The van der Waals surface area contributed by atoms with Gasteiger partial charge in [0.2, 0.25) is 11.2 Å². The molecule has 3 aromatic carbocycles. The van der Waals surface area contributed by atoms with Crippen LogP contribution in [0.1, 0.15) is 16.9 Å². The molecule has 0 unspecified atom stereocenters. The highest BCUT2D eigenvalue weighted by Gasteiger charge is 2.24. The van der Waals surface area contributed by atoms with Gasteiger partial charge in [-0.05, 0) is 61.4 Å². The van der Waals surface area contributed by atoms with E-state index in [1.165, 1.54) is 0 Å². The fourth-order valence-electron chi connectivity index (χ4n) is 4.31. The first-order chi connectivity index (χ1) is 17.1. The molecule has 0 atom stereocenters. The fraction of sp³-hybridized carbons (Fsp3) is 0.250. The Morgan fingerprint density at radius 1 is 0.943 bits per heavy atom. The van der Waals surface area contributed by atoms with Crippen LogP contribution >= 0.6 is 0 Å². The second kappa shape index (κ2) is 9.72. The smallest absolute Gasteiger partial charge is 0.235 e. The van der Waals surface area contributed by atoms with E-state index in [1.54, 1.807) is 51.5 Å². The molecule has 0 N–H and O–H groups in total. The summed E-state index contributed by atoms with van der Waals surface area (Å²) >= 11 is 0. The number of rotatable bonds is 7. The van der Waals surface area contributed by atoms with Crippen LogP contribution in [0.15, 0.2) is 69.9 Å². The summed E-state index contributed by atoms with van der Waals surface area (Å²) in [6.45, 7) is 3.60. The van der Waals surface area contributed by atoms with Gasteiger partial charge in [-0.2, -0.15) is 0 Å². The monoisotopic (exact) mass is 473 g/mol. The first-order valence-corrected chi connectivity index (χ1v) is 11.5. The van der Waals surface area contributed by atoms with E-state index in [2.05, 4.69) is 11.0 Å². The van der Waals surface area contributed by atoms with Crippen molar-refractivity contribution in [2.45, 2.75) is 19.9 Å². The summed E-state index contributed by atoms with van der Waals surface area (Å²) in [5, 5.41) is 0.466. The molecule has 0 amide bonds. The third-order valence-corrected chi connectivity index (χ3v) is 6.20. The van der Waals surface area contributed by atoms with Gasteiger partial charge in [-0.15, -0.1) is 0 Å². The molecular formula is C28H27NO6. The number of nitrogens with zero attached hydrogens (tertiary/aromatic N) is 1. The lowest BCUT2D eigenvalue weighted by molar-refractivity contribution is 0.0966. The van der Waals surface area contributed by atoms with Gasteiger partial charge in [-0.3, -0.25) is 9.69 Å². The Bertz CT molecular complexity index is 1410. The van der Waals surface area contributed by atoms with Gasteiger partial charge in [0.1, 0.15) is 41.1 Å². The van der Waals surface area contributed by atoms with Crippen molar-refractivity contribution in [1.29, 1.82) is 0 Å². The second-order valence-electron chi connectivity index (χ2n) is 8.40. The van der Waals surface area contributed by atoms with Gasteiger partial charge >= 0.3 is 0 Å². The minimum absolute atomic E-state index is 0.173. The quantitative estimate of drug-likeness (QED) is 0.360. The van der Waals surface area contributed by atoms with E-state index >= 15 is 0 Å². The average molecular weight is 474 g/mol. The third-order valence-electron chi connectivity index (χ3n) is 6.20. The van der Waals surface area contributed by atoms with Crippen LogP contribution in [0.5, 0.6) is 28.7 Å².